The highest BCUT2D eigenvalue weighted by Crippen LogP contribution is 2.25. The molecule has 0 fully saturated rings. The fraction of sp³-hybridized carbons (Fsp3) is 0.278. The summed E-state index contributed by atoms with van der Waals surface area (Å²) in [5, 5.41) is 0. The first-order valence-electron chi connectivity index (χ1n) is 7.79. The van der Waals surface area contributed by atoms with Crippen molar-refractivity contribution in [1.82, 2.24) is 4.90 Å². The van der Waals surface area contributed by atoms with Gasteiger partial charge in [0.25, 0.3) is 15.9 Å². The van der Waals surface area contributed by atoms with Crippen LogP contribution in [0.5, 0.6) is 0 Å². The van der Waals surface area contributed by atoms with Crippen molar-refractivity contribution in [3.05, 3.63) is 54.1 Å². The van der Waals surface area contributed by atoms with Crippen molar-refractivity contribution >= 4 is 33.4 Å². The highest BCUT2D eigenvalue weighted by atomic mass is 32.2. The van der Waals surface area contributed by atoms with Crippen LogP contribution in [0.3, 0.4) is 0 Å². The first-order valence-corrected chi connectivity index (χ1v) is 10.5. The third-order valence-corrected chi connectivity index (χ3v) is 6.40. The van der Waals surface area contributed by atoms with Gasteiger partial charge in [-0.3, -0.25) is 9.10 Å². The predicted molar refractivity (Wildman–Crippen MR) is 103 cm³/mol. The van der Waals surface area contributed by atoms with E-state index in [-0.39, 0.29) is 10.8 Å². The molecule has 2 aromatic rings. The van der Waals surface area contributed by atoms with Gasteiger partial charge in [0.15, 0.2) is 0 Å². The Kier molecular flexibility index (Phi) is 6.13. The van der Waals surface area contributed by atoms with Gasteiger partial charge in [-0.1, -0.05) is 0 Å². The Bertz CT molecular complexity index is 830. The minimum absolute atomic E-state index is 0.120. The zero-order valence-electron chi connectivity index (χ0n) is 14.8. The minimum Gasteiger partial charge on any atom is -0.345 e. The monoisotopic (exact) mass is 378 g/mol. The largest absolute Gasteiger partial charge is 0.345 e. The lowest BCUT2D eigenvalue weighted by Gasteiger charge is -2.23. The summed E-state index contributed by atoms with van der Waals surface area (Å²) in [5.41, 5.74) is 1.05. The summed E-state index contributed by atoms with van der Waals surface area (Å²) in [6, 6.07) is 13.4. The summed E-state index contributed by atoms with van der Waals surface area (Å²) in [6.45, 7) is 2.08. The van der Waals surface area contributed by atoms with E-state index in [1.54, 1.807) is 81.3 Å². The van der Waals surface area contributed by atoms with Gasteiger partial charge in [0, 0.05) is 31.1 Å². The molecule has 25 heavy (non-hydrogen) atoms. The van der Waals surface area contributed by atoms with Crippen LogP contribution in [-0.2, 0) is 10.0 Å². The average molecular weight is 379 g/mol. The molecule has 0 aromatic heterocycles. The Balaban J connectivity index is 2.35. The van der Waals surface area contributed by atoms with Crippen LogP contribution in [-0.4, -0.2) is 46.1 Å². The van der Waals surface area contributed by atoms with E-state index in [4.69, 9.17) is 0 Å². The quantitative estimate of drug-likeness (QED) is 0.724. The Hall–Kier alpha value is -1.99. The van der Waals surface area contributed by atoms with Crippen LogP contribution in [0.15, 0.2) is 58.3 Å². The number of rotatable bonds is 6. The summed E-state index contributed by atoms with van der Waals surface area (Å²) < 4.78 is 27.2. The van der Waals surface area contributed by atoms with Crippen LogP contribution in [0.25, 0.3) is 0 Å². The van der Waals surface area contributed by atoms with Gasteiger partial charge < -0.3 is 4.90 Å². The number of amides is 1. The second-order valence-corrected chi connectivity index (χ2v) is 8.33. The maximum absolute atomic E-state index is 12.9. The zero-order valence-corrected chi connectivity index (χ0v) is 16.4. The molecule has 0 radical (unpaired) electrons. The van der Waals surface area contributed by atoms with Crippen LogP contribution in [0.4, 0.5) is 5.69 Å². The van der Waals surface area contributed by atoms with E-state index in [2.05, 4.69) is 0 Å². The molecule has 0 unspecified atom stereocenters. The molecule has 0 aliphatic heterocycles. The normalized spacial score (nSPS) is 11.2. The van der Waals surface area contributed by atoms with E-state index in [0.717, 1.165) is 4.90 Å². The molecule has 0 aliphatic rings. The van der Waals surface area contributed by atoms with Gasteiger partial charge in [0.1, 0.15) is 0 Å². The molecule has 7 heteroatoms. The number of thioether (sulfide) groups is 1. The standard InChI is InChI=1S/C18H22N2O3S2/c1-5-20(15-8-6-14(7-9-15)18(21)19(2)3)25(22,23)17-12-10-16(24-4)11-13-17/h6-13H,5H2,1-4H3. The number of anilines is 1. The lowest BCUT2D eigenvalue weighted by atomic mass is 10.2. The van der Waals surface area contributed by atoms with E-state index >= 15 is 0 Å². The summed E-state index contributed by atoms with van der Waals surface area (Å²) in [7, 11) is -0.294. The molecule has 0 atom stereocenters. The summed E-state index contributed by atoms with van der Waals surface area (Å²) in [6.07, 6.45) is 1.94. The number of carbonyl (C=O) groups is 1. The highest BCUT2D eigenvalue weighted by Gasteiger charge is 2.23. The van der Waals surface area contributed by atoms with Crippen LogP contribution in [0.1, 0.15) is 17.3 Å². The first-order chi connectivity index (χ1) is 11.8. The van der Waals surface area contributed by atoms with Crippen molar-refractivity contribution in [3.8, 4) is 0 Å². The van der Waals surface area contributed by atoms with Gasteiger partial charge in [-0.15, -0.1) is 11.8 Å². The van der Waals surface area contributed by atoms with Crippen LogP contribution < -0.4 is 4.31 Å². The maximum atomic E-state index is 12.9. The van der Waals surface area contributed by atoms with Crippen molar-refractivity contribution in [1.29, 1.82) is 0 Å². The molecule has 1 amide bonds. The Morgan fingerprint density at radius 2 is 1.56 bits per heavy atom. The molecule has 0 heterocycles. The zero-order chi connectivity index (χ0) is 18.6. The van der Waals surface area contributed by atoms with Crippen LogP contribution in [0, 0.1) is 0 Å². The Labute approximate surface area is 153 Å². The van der Waals surface area contributed by atoms with Crippen LogP contribution in [0.2, 0.25) is 0 Å². The summed E-state index contributed by atoms with van der Waals surface area (Å²) in [4.78, 5) is 14.7. The Morgan fingerprint density at radius 3 is 2.00 bits per heavy atom. The fourth-order valence-corrected chi connectivity index (χ4v) is 4.28. The number of sulfonamides is 1. The summed E-state index contributed by atoms with van der Waals surface area (Å²) >= 11 is 1.56. The van der Waals surface area contributed by atoms with E-state index in [1.165, 1.54) is 9.21 Å². The van der Waals surface area contributed by atoms with E-state index in [0.29, 0.717) is 17.8 Å². The fourth-order valence-electron chi connectivity index (χ4n) is 2.39. The molecule has 134 valence electrons. The van der Waals surface area contributed by atoms with Crippen molar-refractivity contribution < 1.29 is 13.2 Å². The number of hydrogen-bond acceptors (Lipinski definition) is 4. The van der Waals surface area contributed by atoms with E-state index in [9.17, 15) is 13.2 Å². The van der Waals surface area contributed by atoms with Gasteiger partial charge in [0.2, 0.25) is 0 Å². The third-order valence-electron chi connectivity index (χ3n) is 3.74. The van der Waals surface area contributed by atoms with E-state index in [1.807, 2.05) is 6.26 Å². The second-order valence-electron chi connectivity index (χ2n) is 5.59. The van der Waals surface area contributed by atoms with Crippen molar-refractivity contribution in [2.24, 2.45) is 0 Å². The number of hydrogen-bond donors (Lipinski definition) is 0. The topological polar surface area (TPSA) is 57.7 Å². The van der Waals surface area contributed by atoms with Gasteiger partial charge in [-0.25, -0.2) is 8.42 Å². The van der Waals surface area contributed by atoms with Crippen molar-refractivity contribution in [2.45, 2.75) is 16.7 Å². The lowest BCUT2D eigenvalue weighted by molar-refractivity contribution is 0.0827. The minimum atomic E-state index is -3.65. The first kappa shape index (κ1) is 19.3. The number of nitrogens with zero attached hydrogens (tertiary/aromatic N) is 2. The van der Waals surface area contributed by atoms with Crippen molar-refractivity contribution in [3.63, 3.8) is 0 Å². The molecule has 5 nitrogen and oxygen atoms in total. The van der Waals surface area contributed by atoms with Gasteiger partial charge >= 0.3 is 0 Å². The molecule has 0 spiro atoms. The molecular formula is C18H22N2O3S2. The van der Waals surface area contributed by atoms with E-state index < -0.39 is 10.0 Å². The maximum Gasteiger partial charge on any atom is 0.264 e. The number of benzene rings is 2. The van der Waals surface area contributed by atoms with Crippen LogP contribution >= 0.6 is 11.8 Å². The number of carbonyl (C=O) groups excluding carboxylic acids is 1. The predicted octanol–water partition coefficient (Wildman–Crippen LogP) is 3.33. The average Bonchev–Trinajstić information content (AvgIpc) is 2.62. The second kappa shape index (κ2) is 7.93. The molecule has 0 N–H and O–H groups in total. The van der Waals surface area contributed by atoms with Gasteiger partial charge in [0.05, 0.1) is 10.6 Å². The molecule has 0 saturated carbocycles. The lowest BCUT2D eigenvalue weighted by Crippen LogP contribution is -2.30. The molecule has 0 bridgehead atoms. The molecular weight excluding hydrogens is 356 g/mol. The Morgan fingerprint density at radius 1 is 1.00 bits per heavy atom. The highest BCUT2D eigenvalue weighted by molar-refractivity contribution is 7.98. The molecule has 0 aliphatic carbocycles. The smallest absolute Gasteiger partial charge is 0.264 e. The van der Waals surface area contributed by atoms with Gasteiger partial charge in [-0.05, 0) is 61.7 Å². The van der Waals surface area contributed by atoms with Gasteiger partial charge in [-0.2, -0.15) is 0 Å². The summed E-state index contributed by atoms with van der Waals surface area (Å²) in [5.74, 6) is -0.120. The SMILES string of the molecule is CCN(c1ccc(C(=O)N(C)C)cc1)S(=O)(=O)c1ccc(SC)cc1. The molecule has 2 rings (SSSR count). The molecule has 2 aromatic carbocycles. The van der Waals surface area contributed by atoms with Crippen molar-refractivity contribution in [2.75, 3.05) is 31.2 Å². The third kappa shape index (κ3) is 4.16. The molecule has 0 saturated heterocycles.